The number of methoxy groups -OCH3 is 1. The van der Waals surface area contributed by atoms with E-state index in [0.717, 1.165) is 0 Å². The number of carbonyl (C=O) groups is 4. The van der Waals surface area contributed by atoms with E-state index in [-0.39, 0.29) is 57.4 Å². The van der Waals surface area contributed by atoms with Crippen molar-refractivity contribution in [1.29, 1.82) is 0 Å². The summed E-state index contributed by atoms with van der Waals surface area (Å²) in [5, 5.41) is 0. The second-order valence-corrected chi connectivity index (χ2v) is 8.37. The largest absolute Gasteiger partial charge is 0.469 e. The summed E-state index contributed by atoms with van der Waals surface area (Å²) in [6, 6.07) is 0. The summed E-state index contributed by atoms with van der Waals surface area (Å²) in [5.74, 6) is -0.510. The Bertz CT molecular complexity index is 500. The maximum Gasteiger partial charge on any atom is 0.306 e. The Balaban J connectivity index is 4.88. The van der Waals surface area contributed by atoms with Gasteiger partial charge in [0.2, 0.25) is 0 Å². The number of hydrogen-bond donors (Lipinski definition) is 0. The SMILES string of the molecule is CCC(COC(=O)CCSC)(COC(=O)CCSC)COC(=O)CCC(=O)OC. The first-order chi connectivity index (χ1) is 13.8. The van der Waals surface area contributed by atoms with E-state index in [4.69, 9.17) is 14.2 Å². The third kappa shape index (κ3) is 13.4. The van der Waals surface area contributed by atoms with Gasteiger partial charge in [-0.3, -0.25) is 19.2 Å². The normalized spacial score (nSPS) is 10.9. The van der Waals surface area contributed by atoms with E-state index in [1.165, 1.54) is 30.6 Å². The van der Waals surface area contributed by atoms with Crippen molar-refractivity contribution in [3.63, 3.8) is 0 Å². The van der Waals surface area contributed by atoms with E-state index in [2.05, 4.69) is 4.74 Å². The Hall–Kier alpha value is -1.42. The van der Waals surface area contributed by atoms with Crippen molar-refractivity contribution in [1.82, 2.24) is 0 Å². The van der Waals surface area contributed by atoms with Gasteiger partial charge in [-0.25, -0.2) is 0 Å². The average Bonchev–Trinajstić information content (AvgIpc) is 2.74. The summed E-state index contributed by atoms with van der Waals surface area (Å²) in [5.41, 5.74) is -0.842. The first-order valence-corrected chi connectivity index (χ1v) is 12.1. The molecule has 0 N–H and O–H groups in total. The summed E-state index contributed by atoms with van der Waals surface area (Å²) in [7, 11) is 1.24. The van der Waals surface area contributed by atoms with Gasteiger partial charge in [0.05, 0.1) is 38.2 Å². The monoisotopic (exact) mass is 452 g/mol. The second-order valence-electron chi connectivity index (χ2n) is 6.40. The van der Waals surface area contributed by atoms with Gasteiger partial charge in [0, 0.05) is 11.5 Å². The molecule has 10 heteroatoms. The molecule has 0 unspecified atom stereocenters. The van der Waals surface area contributed by atoms with Gasteiger partial charge < -0.3 is 18.9 Å². The van der Waals surface area contributed by atoms with Crippen LogP contribution in [0.15, 0.2) is 0 Å². The van der Waals surface area contributed by atoms with Crippen LogP contribution in [0.1, 0.15) is 39.0 Å². The highest BCUT2D eigenvalue weighted by Crippen LogP contribution is 2.25. The Labute approximate surface area is 181 Å². The maximum absolute atomic E-state index is 11.9. The van der Waals surface area contributed by atoms with Gasteiger partial charge in [-0.15, -0.1) is 0 Å². The molecule has 0 rings (SSSR count). The molecule has 168 valence electrons. The molecule has 0 atom stereocenters. The summed E-state index contributed by atoms with van der Waals surface area (Å²) >= 11 is 3.07. The minimum Gasteiger partial charge on any atom is -0.469 e. The quantitative estimate of drug-likeness (QED) is 0.256. The van der Waals surface area contributed by atoms with Gasteiger partial charge in [-0.2, -0.15) is 23.5 Å². The van der Waals surface area contributed by atoms with Gasteiger partial charge in [-0.1, -0.05) is 6.92 Å². The minimum absolute atomic E-state index is 0.0309. The van der Waals surface area contributed by atoms with Crippen LogP contribution in [0.25, 0.3) is 0 Å². The molecule has 0 aliphatic heterocycles. The molecule has 0 saturated carbocycles. The number of carbonyl (C=O) groups excluding carboxylic acids is 4. The number of rotatable bonds is 16. The fourth-order valence-electron chi connectivity index (χ4n) is 2.03. The zero-order chi connectivity index (χ0) is 22.1. The van der Waals surface area contributed by atoms with Crippen LogP contribution < -0.4 is 0 Å². The standard InChI is InChI=1S/C19H32O8S2/c1-5-19(13-26-17(22)8-10-28-3,14-27-18(23)9-11-29-4)12-25-16(21)7-6-15(20)24-2/h5-14H2,1-4H3. The zero-order valence-electron chi connectivity index (χ0n) is 17.7. The number of esters is 4. The fourth-order valence-corrected chi connectivity index (χ4v) is 2.77. The predicted octanol–water partition coefficient (Wildman–Crippen LogP) is 2.47. The minimum atomic E-state index is -0.842. The molecule has 0 heterocycles. The average molecular weight is 453 g/mol. The van der Waals surface area contributed by atoms with Crippen LogP contribution in [0, 0.1) is 5.41 Å². The molecule has 0 radical (unpaired) electrons. The van der Waals surface area contributed by atoms with Crippen molar-refractivity contribution in [2.75, 3.05) is 50.9 Å². The van der Waals surface area contributed by atoms with Gasteiger partial charge in [0.25, 0.3) is 0 Å². The van der Waals surface area contributed by atoms with Crippen LogP contribution in [0.4, 0.5) is 0 Å². The van der Waals surface area contributed by atoms with Crippen LogP contribution in [-0.4, -0.2) is 74.8 Å². The van der Waals surface area contributed by atoms with Crippen molar-refractivity contribution < 1.29 is 38.1 Å². The lowest BCUT2D eigenvalue weighted by molar-refractivity contribution is -0.163. The molecular formula is C19H32O8S2. The molecule has 0 aromatic rings. The molecule has 0 fully saturated rings. The van der Waals surface area contributed by atoms with Gasteiger partial charge >= 0.3 is 23.9 Å². The second kappa shape index (κ2) is 16.4. The molecule has 29 heavy (non-hydrogen) atoms. The lowest BCUT2D eigenvalue weighted by Gasteiger charge is -2.31. The smallest absolute Gasteiger partial charge is 0.306 e. The lowest BCUT2D eigenvalue weighted by Crippen LogP contribution is -2.39. The van der Waals surface area contributed by atoms with Crippen LogP contribution in [0.3, 0.4) is 0 Å². The van der Waals surface area contributed by atoms with Crippen molar-refractivity contribution in [3.8, 4) is 0 Å². The predicted molar refractivity (Wildman–Crippen MR) is 113 cm³/mol. The summed E-state index contributed by atoms with van der Waals surface area (Å²) in [6.07, 6.45) is 4.59. The van der Waals surface area contributed by atoms with Crippen LogP contribution in [0.5, 0.6) is 0 Å². The van der Waals surface area contributed by atoms with Crippen molar-refractivity contribution in [2.45, 2.75) is 39.0 Å². The van der Waals surface area contributed by atoms with Crippen molar-refractivity contribution in [2.24, 2.45) is 5.41 Å². The molecule has 0 aromatic heterocycles. The third-order valence-corrected chi connectivity index (χ3v) is 5.37. The van der Waals surface area contributed by atoms with Gasteiger partial charge in [-0.05, 0) is 18.9 Å². The summed E-state index contributed by atoms with van der Waals surface area (Å²) < 4.78 is 20.5. The molecular weight excluding hydrogens is 420 g/mol. The van der Waals surface area contributed by atoms with Crippen molar-refractivity contribution >= 4 is 47.4 Å². The van der Waals surface area contributed by atoms with E-state index in [1.54, 1.807) is 0 Å². The molecule has 0 bridgehead atoms. The van der Waals surface area contributed by atoms with Gasteiger partial charge in [0.1, 0.15) is 19.8 Å². The first kappa shape index (κ1) is 27.6. The van der Waals surface area contributed by atoms with E-state index in [0.29, 0.717) is 17.9 Å². The van der Waals surface area contributed by atoms with E-state index in [1.807, 2.05) is 19.4 Å². The molecule has 8 nitrogen and oxygen atoms in total. The highest BCUT2D eigenvalue weighted by Gasteiger charge is 2.34. The highest BCUT2D eigenvalue weighted by molar-refractivity contribution is 7.98. The Morgan fingerprint density at radius 1 is 0.690 bits per heavy atom. The lowest BCUT2D eigenvalue weighted by atomic mass is 9.88. The molecule has 0 aliphatic carbocycles. The first-order valence-electron chi connectivity index (χ1n) is 9.34. The van der Waals surface area contributed by atoms with Crippen LogP contribution in [-0.2, 0) is 38.1 Å². The Morgan fingerprint density at radius 2 is 1.07 bits per heavy atom. The Kier molecular flexibility index (Phi) is 15.6. The van der Waals surface area contributed by atoms with Gasteiger partial charge in [0.15, 0.2) is 0 Å². The molecule has 0 amide bonds. The van der Waals surface area contributed by atoms with E-state index < -0.39 is 17.4 Å². The Morgan fingerprint density at radius 3 is 1.41 bits per heavy atom. The molecule has 0 spiro atoms. The third-order valence-electron chi connectivity index (χ3n) is 4.15. The molecule has 0 aliphatic rings. The highest BCUT2D eigenvalue weighted by atomic mass is 32.2. The van der Waals surface area contributed by atoms with Crippen LogP contribution in [0.2, 0.25) is 0 Å². The molecule has 0 aromatic carbocycles. The maximum atomic E-state index is 11.9. The van der Waals surface area contributed by atoms with Crippen molar-refractivity contribution in [3.05, 3.63) is 0 Å². The number of ether oxygens (including phenoxy) is 4. The topological polar surface area (TPSA) is 105 Å². The number of thioether (sulfide) groups is 2. The van der Waals surface area contributed by atoms with E-state index in [9.17, 15) is 19.2 Å². The number of hydrogen-bond acceptors (Lipinski definition) is 10. The zero-order valence-corrected chi connectivity index (χ0v) is 19.3. The summed E-state index contributed by atoms with van der Waals surface area (Å²) in [4.78, 5) is 46.9. The fraction of sp³-hybridized carbons (Fsp3) is 0.789. The van der Waals surface area contributed by atoms with Crippen LogP contribution >= 0.6 is 23.5 Å². The summed E-state index contributed by atoms with van der Waals surface area (Å²) in [6.45, 7) is 1.69. The van der Waals surface area contributed by atoms with E-state index >= 15 is 0 Å². The molecule has 0 saturated heterocycles.